The van der Waals surface area contributed by atoms with Crippen LogP contribution >= 0.6 is 0 Å². The summed E-state index contributed by atoms with van der Waals surface area (Å²) >= 11 is 0. The van der Waals surface area contributed by atoms with Gasteiger partial charge in [0.25, 0.3) is 5.91 Å². The molecule has 6 heteroatoms. The second-order valence-corrected chi connectivity index (χ2v) is 5.36. The Balaban J connectivity index is 2.23. The van der Waals surface area contributed by atoms with Crippen LogP contribution in [-0.2, 0) is 6.18 Å². The summed E-state index contributed by atoms with van der Waals surface area (Å²) in [5, 5.41) is 0. The summed E-state index contributed by atoms with van der Waals surface area (Å²) in [6.45, 7) is 3.11. The van der Waals surface area contributed by atoms with E-state index < -0.39 is 23.5 Å². The number of piperidine rings is 1. The predicted molar refractivity (Wildman–Crippen MR) is 70.3 cm³/mol. The summed E-state index contributed by atoms with van der Waals surface area (Å²) in [4.78, 5) is 13.8. The zero-order valence-electron chi connectivity index (χ0n) is 11.7. The molecule has 1 heterocycles. The lowest BCUT2D eigenvalue weighted by Gasteiger charge is -2.32. The average molecular weight is 303 g/mol. The Bertz CT molecular complexity index is 527. The molecule has 21 heavy (non-hydrogen) atoms. The quantitative estimate of drug-likeness (QED) is 0.753. The van der Waals surface area contributed by atoms with Crippen molar-refractivity contribution in [3.63, 3.8) is 0 Å². The minimum absolute atomic E-state index is 0.111. The highest BCUT2D eigenvalue weighted by Gasteiger charge is 2.35. The summed E-state index contributed by atoms with van der Waals surface area (Å²) in [6, 6.07) is 2.42. The molecule has 0 N–H and O–H groups in total. The van der Waals surface area contributed by atoms with Gasteiger partial charge in [0, 0.05) is 18.7 Å². The smallest absolute Gasteiger partial charge is 0.338 e. The van der Waals surface area contributed by atoms with E-state index >= 15 is 0 Å². The van der Waals surface area contributed by atoms with Crippen LogP contribution in [0.25, 0.3) is 0 Å². The molecule has 1 unspecified atom stereocenters. The molecule has 1 aliphatic rings. The van der Waals surface area contributed by atoms with Crippen molar-refractivity contribution in [1.82, 2.24) is 4.90 Å². The van der Waals surface area contributed by atoms with Crippen LogP contribution in [0.2, 0.25) is 0 Å². The molecule has 0 radical (unpaired) electrons. The minimum Gasteiger partial charge on any atom is -0.338 e. The molecule has 0 aromatic heterocycles. The van der Waals surface area contributed by atoms with Crippen LogP contribution in [0, 0.1) is 11.7 Å². The molecule has 2 nitrogen and oxygen atoms in total. The fraction of sp³-hybridized carbons (Fsp3) is 0.533. The van der Waals surface area contributed by atoms with E-state index in [4.69, 9.17) is 0 Å². The number of rotatable bonds is 2. The Kier molecular flexibility index (Phi) is 4.54. The van der Waals surface area contributed by atoms with Crippen LogP contribution in [-0.4, -0.2) is 23.9 Å². The van der Waals surface area contributed by atoms with Crippen molar-refractivity contribution in [3.05, 3.63) is 35.1 Å². The van der Waals surface area contributed by atoms with E-state index in [1.54, 1.807) is 4.90 Å². The molecule has 1 aliphatic heterocycles. The summed E-state index contributed by atoms with van der Waals surface area (Å²) in [6.07, 6.45) is -2.00. The van der Waals surface area contributed by atoms with E-state index in [0.717, 1.165) is 25.3 Å². The monoisotopic (exact) mass is 303 g/mol. The van der Waals surface area contributed by atoms with E-state index in [-0.39, 0.29) is 5.56 Å². The molecular formula is C15H17F4NO. The summed E-state index contributed by atoms with van der Waals surface area (Å²) in [5.74, 6) is -1.44. The second-order valence-electron chi connectivity index (χ2n) is 5.36. The molecule has 1 aromatic rings. The highest BCUT2D eigenvalue weighted by Crippen LogP contribution is 2.32. The molecule has 1 amide bonds. The third-order valence-electron chi connectivity index (χ3n) is 3.90. The second kappa shape index (κ2) is 6.03. The molecule has 0 bridgehead atoms. The van der Waals surface area contributed by atoms with Crippen LogP contribution in [0.1, 0.15) is 42.1 Å². The van der Waals surface area contributed by atoms with Crippen LogP contribution < -0.4 is 0 Å². The maximum Gasteiger partial charge on any atom is 0.419 e. The van der Waals surface area contributed by atoms with Gasteiger partial charge in [0.2, 0.25) is 0 Å². The first-order valence-electron chi connectivity index (χ1n) is 6.99. The molecule has 1 aromatic carbocycles. The van der Waals surface area contributed by atoms with Gasteiger partial charge < -0.3 is 4.90 Å². The fourth-order valence-electron chi connectivity index (χ4n) is 2.64. The van der Waals surface area contributed by atoms with Crippen molar-refractivity contribution in [2.24, 2.45) is 5.92 Å². The SMILES string of the molecule is CCC1CCCN(C(=O)c2ccc(F)c(C(F)(F)F)c2)C1. The molecule has 1 saturated heterocycles. The predicted octanol–water partition coefficient (Wildman–Crippen LogP) is 4.11. The summed E-state index contributed by atoms with van der Waals surface area (Å²) in [7, 11) is 0. The third-order valence-corrected chi connectivity index (χ3v) is 3.90. The number of nitrogens with zero attached hydrogens (tertiary/aromatic N) is 1. The van der Waals surface area contributed by atoms with Gasteiger partial charge in [-0.2, -0.15) is 13.2 Å². The van der Waals surface area contributed by atoms with Gasteiger partial charge in [0.05, 0.1) is 5.56 Å². The molecule has 116 valence electrons. The van der Waals surface area contributed by atoms with Crippen molar-refractivity contribution in [2.45, 2.75) is 32.4 Å². The van der Waals surface area contributed by atoms with Gasteiger partial charge >= 0.3 is 6.18 Å². The van der Waals surface area contributed by atoms with Gasteiger partial charge in [-0.05, 0) is 37.0 Å². The lowest BCUT2D eigenvalue weighted by Crippen LogP contribution is -2.39. The topological polar surface area (TPSA) is 20.3 Å². The van der Waals surface area contributed by atoms with Gasteiger partial charge in [-0.1, -0.05) is 13.3 Å². The zero-order chi connectivity index (χ0) is 15.6. The number of alkyl halides is 3. The molecule has 0 saturated carbocycles. The number of halogens is 4. The highest BCUT2D eigenvalue weighted by molar-refractivity contribution is 5.94. The first kappa shape index (κ1) is 15.8. The van der Waals surface area contributed by atoms with Gasteiger partial charge in [-0.15, -0.1) is 0 Å². The van der Waals surface area contributed by atoms with Gasteiger partial charge in [-0.25, -0.2) is 4.39 Å². The maximum absolute atomic E-state index is 13.2. The molecular weight excluding hydrogens is 286 g/mol. The minimum atomic E-state index is -4.80. The molecule has 0 aliphatic carbocycles. The molecule has 2 rings (SSSR count). The Hall–Kier alpha value is -1.59. The molecule has 0 spiro atoms. The third kappa shape index (κ3) is 3.54. The average Bonchev–Trinajstić information content (AvgIpc) is 2.46. The van der Waals surface area contributed by atoms with E-state index in [0.29, 0.717) is 31.1 Å². The number of amides is 1. The summed E-state index contributed by atoms with van der Waals surface area (Å²) < 4.78 is 51.3. The van der Waals surface area contributed by atoms with Crippen molar-refractivity contribution < 1.29 is 22.4 Å². The normalized spacial score (nSPS) is 19.7. The number of carbonyl (C=O) groups is 1. The van der Waals surface area contributed by atoms with E-state index in [2.05, 4.69) is 0 Å². The lowest BCUT2D eigenvalue weighted by atomic mass is 9.95. The Morgan fingerprint density at radius 3 is 2.71 bits per heavy atom. The van der Waals surface area contributed by atoms with Gasteiger partial charge in [-0.3, -0.25) is 4.79 Å². The van der Waals surface area contributed by atoms with Crippen molar-refractivity contribution in [2.75, 3.05) is 13.1 Å². The lowest BCUT2D eigenvalue weighted by molar-refractivity contribution is -0.140. The first-order chi connectivity index (χ1) is 9.82. The van der Waals surface area contributed by atoms with Crippen LogP contribution in [0.3, 0.4) is 0 Å². The van der Waals surface area contributed by atoms with Crippen LogP contribution in [0.15, 0.2) is 18.2 Å². The number of carbonyl (C=O) groups excluding carboxylic acids is 1. The Labute approximate surface area is 120 Å². The van der Waals surface area contributed by atoms with Crippen LogP contribution in [0.4, 0.5) is 17.6 Å². The van der Waals surface area contributed by atoms with E-state index in [9.17, 15) is 22.4 Å². The maximum atomic E-state index is 13.2. The largest absolute Gasteiger partial charge is 0.419 e. The van der Waals surface area contributed by atoms with Crippen molar-refractivity contribution in [1.29, 1.82) is 0 Å². The van der Waals surface area contributed by atoms with Crippen LogP contribution in [0.5, 0.6) is 0 Å². The Morgan fingerprint density at radius 2 is 2.10 bits per heavy atom. The molecule has 1 fully saturated rings. The molecule has 1 atom stereocenters. The highest BCUT2D eigenvalue weighted by atomic mass is 19.4. The standard InChI is InChI=1S/C15H17F4NO/c1-2-10-4-3-7-20(9-10)14(21)11-5-6-13(16)12(8-11)15(17,18)19/h5-6,8,10H,2-4,7,9H2,1H3. The van der Waals surface area contributed by atoms with E-state index in [1.807, 2.05) is 6.92 Å². The number of benzene rings is 1. The van der Waals surface area contributed by atoms with Gasteiger partial charge in [0.15, 0.2) is 0 Å². The first-order valence-corrected chi connectivity index (χ1v) is 6.99. The van der Waals surface area contributed by atoms with Crippen molar-refractivity contribution >= 4 is 5.91 Å². The number of likely N-dealkylation sites (tertiary alicyclic amines) is 1. The van der Waals surface area contributed by atoms with E-state index in [1.165, 1.54) is 0 Å². The fourth-order valence-corrected chi connectivity index (χ4v) is 2.64. The zero-order valence-corrected chi connectivity index (χ0v) is 11.7. The Morgan fingerprint density at radius 1 is 1.38 bits per heavy atom. The number of hydrogen-bond acceptors (Lipinski definition) is 1. The van der Waals surface area contributed by atoms with Gasteiger partial charge in [0.1, 0.15) is 5.82 Å². The van der Waals surface area contributed by atoms with Crippen molar-refractivity contribution in [3.8, 4) is 0 Å². The number of hydrogen-bond donors (Lipinski definition) is 0. The summed E-state index contributed by atoms with van der Waals surface area (Å²) in [5.41, 5.74) is -1.50.